The van der Waals surface area contributed by atoms with Crippen molar-refractivity contribution >= 4 is 35.3 Å². The van der Waals surface area contributed by atoms with Crippen LogP contribution in [0.15, 0.2) is 66.7 Å². The average molecular weight is 479 g/mol. The highest BCUT2D eigenvalue weighted by atomic mass is 35.5. The lowest BCUT2D eigenvalue weighted by molar-refractivity contribution is -0.118. The van der Waals surface area contributed by atoms with Gasteiger partial charge < -0.3 is 20.5 Å². The number of halogens is 1. The summed E-state index contributed by atoms with van der Waals surface area (Å²) < 4.78 is 5.51. The van der Waals surface area contributed by atoms with Crippen LogP contribution in [0.4, 0.5) is 10.5 Å². The molecule has 174 valence electrons. The van der Waals surface area contributed by atoms with Gasteiger partial charge in [-0.1, -0.05) is 67.1 Å². The Hall–Kier alpha value is -3.84. The van der Waals surface area contributed by atoms with Crippen LogP contribution in [0.1, 0.15) is 40.7 Å². The van der Waals surface area contributed by atoms with Gasteiger partial charge in [0.05, 0.1) is 11.3 Å². The molecule has 0 spiro atoms. The standard InChI is InChI=1S/C26H23ClN2O5/c1-2-22(24(30)28-23-13-15(27)11-12-20(23)25(31)32)29-26(33)34-14-21-18-9-5-3-7-16(18)17-8-4-6-10-19(17)21/h3-13,21-22H,2,14H2,1H3,(H,28,30)(H,29,33)(H,31,32). The number of carboxylic acids is 1. The third-order valence-corrected chi connectivity index (χ3v) is 6.07. The van der Waals surface area contributed by atoms with Crippen molar-refractivity contribution in [1.29, 1.82) is 0 Å². The molecular weight excluding hydrogens is 456 g/mol. The van der Waals surface area contributed by atoms with E-state index in [1.54, 1.807) is 6.92 Å². The normalized spacial score (nSPS) is 12.9. The molecular formula is C26H23ClN2O5. The Labute approximate surface area is 201 Å². The number of hydrogen-bond acceptors (Lipinski definition) is 4. The molecule has 0 aromatic heterocycles. The number of alkyl carbamates (subject to hydrolysis) is 1. The quantitative estimate of drug-likeness (QED) is 0.427. The van der Waals surface area contributed by atoms with Crippen LogP contribution in [-0.4, -0.2) is 35.7 Å². The van der Waals surface area contributed by atoms with Crippen molar-refractivity contribution in [3.63, 3.8) is 0 Å². The van der Waals surface area contributed by atoms with Gasteiger partial charge in [-0.25, -0.2) is 9.59 Å². The maximum atomic E-state index is 12.7. The molecule has 1 atom stereocenters. The number of aromatic carboxylic acids is 1. The molecule has 7 nitrogen and oxygen atoms in total. The Morgan fingerprint density at radius 2 is 1.62 bits per heavy atom. The number of nitrogens with one attached hydrogen (secondary N) is 2. The van der Waals surface area contributed by atoms with Crippen LogP contribution < -0.4 is 10.6 Å². The summed E-state index contributed by atoms with van der Waals surface area (Å²) in [6, 6.07) is 19.2. The summed E-state index contributed by atoms with van der Waals surface area (Å²) in [4.78, 5) is 36.7. The molecule has 3 aromatic rings. The molecule has 1 aliphatic carbocycles. The number of rotatable bonds is 7. The van der Waals surface area contributed by atoms with Crippen molar-refractivity contribution in [3.05, 3.63) is 88.4 Å². The van der Waals surface area contributed by atoms with Crippen molar-refractivity contribution < 1.29 is 24.2 Å². The van der Waals surface area contributed by atoms with Gasteiger partial charge in [-0.2, -0.15) is 0 Å². The number of carboxylic acid groups (broad SMARTS) is 1. The lowest BCUT2D eigenvalue weighted by Crippen LogP contribution is -2.44. The lowest BCUT2D eigenvalue weighted by atomic mass is 9.98. The van der Waals surface area contributed by atoms with E-state index in [9.17, 15) is 19.5 Å². The minimum Gasteiger partial charge on any atom is -0.478 e. The number of carbonyl (C=O) groups is 3. The molecule has 0 fully saturated rings. The van der Waals surface area contributed by atoms with Crippen molar-refractivity contribution in [2.24, 2.45) is 0 Å². The fourth-order valence-corrected chi connectivity index (χ4v) is 4.33. The topological polar surface area (TPSA) is 105 Å². The molecule has 1 aliphatic rings. The third-order valence-electron chi connectivity index (χ3n) is 5.83. The Morgan fingerprint density at radius 3 is 2.21 bits per heavy atom. The van der Waals surface area contributed by atoms with Crippen molar-refractivity contribution in [1.82, 2.24) is 5.32 Å². The van der Waals surface area contributed by atoms with Crippen molar-refractivity contribution in [2.75, 3.05) is 11.9 Å². The first kappa shape index (κ1) is 23.3. The van der Waals surface area contributed by atoms with Crippen LogP contribution >= 0.6 is 11.6 Å². The highest BCUT2D eigenvalue weighted by molar-refractivity contribution is 6.31. The molecule has 0 aliphatic heterocycles. The maximum Gasteiger partial charge on any atom is 0.407 e. The van der Waals surface area contributed by atoms with Crippen LogP contribution in [-0.2, 0) is 9.53 Å². The van der Waals surface area contributed by atoms with Crippen LogP contribution in [0, 0.1) is 0 Å². The first-order valence-electron chi connectivity index (χ1n) is 10.8. The second-order valence-corrected chi connectivity index (χ2v) is 8.35. The summed E-state index contributed by atoms with van der Waals surface area (Å²) in [5, 5.41) is 14.7. The lowest BCUT2D eigenvalue weighted by Gasteiger charge is -2.19. The van der Waals surface area contributed by atoms with E-state index in [2.05, 4.69) is 10.6 Å². The summed E-state index contributed by atoms with van der Waals surface area (Å²) in [5.74, 6) is -1.87. The van der Waals surface area contributed by atoms with Crippen molar-refractivity contribution in [2.45, 2.75) is 25.3 Å². The van der Waals surface area contributed by atoms with E-state index in [-0.39, 0.29) is 35.2 Å². The molecule has 3 aromatic carbocycles. The predicted octanol–water partition coefficient (Wildman–Crippen LogP) is 5.29. The van der Waals surface area contributed by atoms with Crippen LogP contribution in [0.5, 0.6) is 0 Å². The molecule has 0 radical (unpaired) electrons. The van der Waals surface area contributed by atoms with E-state index < -0.39 is 24.0 Å². The van der Waals surface area contributed by atoms with Crippen LogP contribution in [0.25, 0.3) is 11.1 Å². The molecule has 0 saturated heterocycles. The highest BCUT2D eigenvalue weighted by Crippen LogP contribution is 2.44. The zero-order chi connectivity index (χ0) is 24.2. The molecule has 1 unspecified atom stereocenters. The van der Waals surface area contributed by atoms with E-state index in [1.807, 2.05) is 48.5 Å². The second kappa shape index (κ2) is 9.97. The molecule has 4 rings (SSSR count). The number of carbonyl (C=O) groups excluding carboxylic acids is 2. The molecule has 34 heavy (non-hydrogen) atoms. The minimum absolute atomic E-state index is 0.0535. The first-order valence-corrected chi connectivity index (χ1v) is 11.2. The first-order chi connectivity index (χ1) is 16.4. The van der Waals surface area contributed by atoms with Gasteiger partial charge in [0.2, 0.25) is 5.91 Å². The van der Waals surface area contributed by atoms with Crippen LogP contribution in [0.3, 0.4) is 0 Å². The Morgan fingerprint density at radius 1 is 1.00 bits per heavy atom. The summed E-state index contributed by atoms with van der Waals surface area (Å²) in [6.45, 7) is 1.85. The number of ether oxygens (including phenoxy) is 1. The molecule has 0 bridgehead atoms. The Kier molecular flexibility index (Phi) is 6.84. The molecule has 2 amide bonds. The summed E-state index contributed by atoms with van der Waals surface area (Å²) in [6.07, 6.45) is -0.452. The summed E-state index contributed by atoms with van der Waals surface area (Å²) >= 11 is 5.94. The second-order valence-electron chi connectivity index (χ2n) is 7.92. The monoisotopic (exact) mass is 478 g/mol. The SMILES string of the molecule is CCC(NC(=O)OCC1c2ccccc2-c2ccccc21)C(=O)Nc1cc(Cl)ccc1C(=O)O. The smallest absolute Gasteiger partial charge is 0.407 e. The van der Waals surface area contributed by atoms with E-state index in [0.29, 0.717) is 0 Å². The highest BCUT2D eigenvalue weighted by Gasteiger charge is 2.29. The fourth-order valence-electron chi connectivity index (χ4n) is 4.16. The van der Waals surface area contributed by atoms with Gasteiger partial charge in [-0.05, 0) is 46.9 Å². The number of amides is 2. The maximum absolute atomic E-state index is 12.7. The number of benzene rings is 3. The van der Waals surface area contributed by atoms with E-state index in [4.69, 9.17) is 16.3 Å². The minimum atomic E-state index is -1.20. The Balaban J connectivity index is 1.41. The third kappa shape index (κ3) is 4.75. The Bertz CT molecular complexity index is 1210. The van der Waals surface area contributed by atoms with E-state index in [1.165, 1.54) is 18.2 Å². The molecule has 0 saturated carbocycles. The molecule has 0 heterocycles. The van der Waals surface area contributed by atoms with E-state index in [0.717, 1.165) is 22.3 Å². The predicted molar refractivity (Wildman–Crippen MR) is 129 cm³/mol. The number of anilines is 1. The molecule has 3 N–H and O–H groups in total. The van der Waals surface area contributed by atoms with Gasteiger partial charge in [0.1, 0.15) is 12.6 Å². The van der Waals surface area contributed by atoms with E-state index >= 15 is 0 Å². The van der Waals surface area contributed by atoms with Gasteiger partial charge in [-0.3, -0.25) is 4.79 Å². The number of hydrogen-bond donors (Lipinski definition) is 3. The van der Waals surface area contributed by atoms with Gasteiger partial charge in [0.15, 0.2) is 0 Å². The zero-order valence-electron chi connectivity index (χ0n) is 18.4. The fraction of sp³-hybridized carbons (Fsp3) is 0.192. The largest absolute Gasteiger partial charge is 0.478 e. The summed E-state index contributed by atoms with van der Waals surface area (Å²) in [7, 11) is 0. The van der Waals surface area contributed by atoms with Gasteiger partial charge in [-0.15, -0.1) is 0 Å². The van der Waals surface area contributed by atoms with Crippen molar-refractivity contribution in [3.8, 4) is 11.1 Å². The zero-order valence-corrected chi connectivity index (χ0v) is 19.1. The number of fused-ring (bicyclic) bond motifs is 3. The average Bonchev–Trinajstić information content (AvgIpc) is 3.14. The van der Waals surface area contributed by atoms with Gasteiger partial charge >= 0.3 is 12.1 Å². The van der Waals surface area contributed by atoms with Crippen LogP contribution in [0.2, 0.25) is 5.02 Å². The summed E-state index contributed by atoms with van der Waals surface area (Å²) in [5.41, 5.74) is 4.36. The van der Waals surface area contributed by atoms with Gasteiger partial charge in [0, 0.05) is 10.9 Å². The molecule has 8 heteroatoms. The van der Waals surface area contributed by atoms with Gasteiger partial charge in [0.25, 0.3) is 0 Å².